The fraction of sp³-hybridized carbons (Fsp3) is 0.889. The molecule has 0 radical (unpaired) electrons. The molecule has 3 nitrogen and oxygen atoms in total. The summed E-state index contributed by atoms with van der Waals surface area (Å²) in [4.78, 5) is 11.0. The van der Waals surface area contributed by atoms with Crippen molar-refractivity contribution in [2.24, 2.45) is 11.7 Å². The van der Waals surface area contributed by atoms with E-state index in [1.165, 1.54) is 0 Å². The standard InChI is InChI=1S/C9H20N2O/c1-5-7(4)8(9(10)12)11-6(2)3/h6-8,11H,5H2,1-4H3,(H2,10,12)/t7-,8-/m0/s1. The van der Waals surface area contributed by atoms with Crippen LogP contribution in [0.1, 0.15) is 34.1 Å². The molecule has 0 aliphatic rings. The van der Waals surface area contributed by atoms with E-state index in [0.717, 1.165) is 6.42 Å². The number of carbonyl (C=O) groups is 1. The van der Waals surface area contributed by atoms with Gasteiger partial charge in [0.25, 0.3) is 0 Å². The quantitative estimate of drug-likeness (QED) is 0.647. The number of nitrogens with two attached hydrogens (primary N) is 1. The first-order chi connectivity index (χ1) is 5.49. The number of hydrogen-bond donors (Lipinski definition) is 2. The van der Waals surface area contributed by atoms with Gasteiger partial charge < -0.3 is 11.1 Å². The molecule has 0 bridgehead atoms. The van der Waals surface area contributed by atoms with Crippen LogP contribution < -0.4 is 11.1 Å². The summed E-state index contributed by atoms with van der Waals surface area (Å²) in [6.45, 7) is 8.12. The number of rotatable bonds is 5. The minimum absolute atomic E-state index is 0.185. The summed E-state index contributed by atoms with van der Waals surface area (Å²) in [5.41, 5.74) is 5.26. The summed E-state index contributed by atoms with van der Waals surface area (Å²) >= 11 is 0. The van der Waals surface area contributed by atoms with Crippen molar-refractivity contribution in [3.8, 4) is 0 Å². The summed E-state index contributed by atoms with van der Waals surface area (Å²) < 4.78 is 0. The lowest BCUT2D eigenvalue weighted by Gasteiger charge is -2.23. The van der Waals surface area contributed by atoms with Crippen molar-refractivity contribution in [3.05, 3.63) is 0 Å². The Morgan fingerprint density at radius 2 is 1.92 bits per heavy atom. The van der Waals surface area contributed by atoms with Crippen LogP contribution in [-0.2, 0) is 4.79 Å². The third kappa shape index (κ3) is 3.72. The molecule has 0 saturated heterocycles. The molecule has 0 aliphatic carbocycles. The normalized spacial score (nSPS) is 16.1. The molecule has 0 unspecified atom stereocenters. The summed E-state index contributed by atoms with van der Waals surface area (Å²) in [6.07, 6.45) is 0.966. The van der Waals surface area contributed by atoms with Gasteiger partial charge in [-0.2, -0.15) is 0 Å². The molecule has 0 spiro atoms. The SMILES string of the molecule is CC[C@H](C)[C@H](NC(C)C)C(N)=O. The van der Waals surface area contributed by atoms with Crippen molar-refractivity contribution in [2.45, 2.75) is 46.2 Å². The topological polar surface area (TPSA) is 55.1 Å². The van der Waals surface area contributed by atoms with Gasteiger partial charge >= 0.3 is 0 Å². The highest BCUT2D eigenvalue weighted by atomic mass is 16.1. The average molecular weight is 172 g/mol. The number of hydrogen-bond acceptors (Lipinski definition) is 2. The molecule has 1 amide bonds. The van der Waals surface area contributed by atoms with Crippen LogP contribution in [0.15, 0.2) is 0 Å². The van der Waals surface area contributed by atoms with Gasteiger partial charge in [-0.1, -0.05) is 34.1 Å². The minimum atomic E-state index is -0.252. The molecule has 0 aliphatic heterocycles. The highest BCUT2D eigenvalue weighted by Crippen LogP contribution is 2.07. The molecule has 3 heteroatoms. The molecule has 0 fully saturated rings. The number of nitrogens with one attached hydrogen (secondary N) is 1. The lowest BCUT2D eigenvalue weighted by atomic mass is 9.98. The number of primary amides is 1. The molecule has 0 rings (SSSR count). The van der Waals surface area contributed by atoms with Crippen molar-refractivity contribution in [2.75, 3.05) is 0 Å². The van der Waals surface area contributed by atoms with Crippen LogP contribution >= 0.6 is 0 Å². The van der Waals surface area contributed by atoms with E-state index in [-0.39, 0.29) is 11.9 Å². The lowest BCUT2D eigenvalue weighted by Crippen LogP contribution is -2.48. The van der Waals surface area contributed by atoms with Gasteiger partial charge in [0.2, 0.25) is 5.91 Å². The van der Waals surface area contributed by atoms with Crippen LogP contribution in [0.3, 0.4) is 0 Å². The van der Waals surface area contributed by atoms with E-state index < -0.39 is 0 Å². The number of amides is 1. The molecular formula is C9H20N2O. The van der Waals surface area contributed by atoms with Gasteiger partial charge in [-0.3, -0.25) is 4.79 Å². The van der Waals surface area contributed by atoms with Gasteiger partial charge in [-0.15, -0.1) is 0 Å². The molecule has 0 aromatic heterocycles. The van der Waals surface area contributed by atoms with E-state index in [9.17, 15) is 4.79 Å². The Morgan fingerprint density at radius 1 is 1.42 bits per heavy atom. The van der Waals surface area contributed by atoms with Crippen molar-refractivity contribution >= 4 is 5.91 Å². The Labute approximate surface area is 74.7 Å². The second-order valence-electron chi connectivity index (χ2n) is 3.59. The zero-order chi connectivity index (χ0) is 9.72. The molecule has 0 saturated carbocycles. The van der Waals surface area contributed by atoms with Gasteiger partial charge in [0.1, 0.15) is 0 Å². The van der Waals surface area contributed by atoms with Crippen LogP contribution in [0.25, 0.3) is 0 Å². The highest BCUT2D eigenvalue weighted by Gasteiger charge is 2.21. The Morgan fingerprint density at radius 3 is 2.17 bits per heavy atom. The number of carbonyl (C=O) groups excluding carboxylic acids is 1. The van der Waals surface area contributed by atoms with Crippen LogP contribution in [0.4, 0.5) is 0 Å². The first-order valence-electron chi connectivity index (χ1n) is 4.54. The molecule has 2 atom stereocenters. The lowest BCUT2D eigenvalue weighted by molar-refractivity contribution is -0.121. The van der Waals surface area contributed by atoms with Crippen molar-refractivity contribution < 1.29 is 4.79 Å². The van der Waals surface area contributed by atoms with E-state index in [1.807, 2.05) is 20.8 Å². The molecule has 3 N–H and O–H groups in total. The highest BCUT2D eigenvalue weighted by molar-refractivity contribution is 5.80. The Kier molecular flexibility index (Phi) is 4.90. The third-order valence-corrected chi connectivity index (χ3v) is 2.03. The maximum absolute atomic E-state index is 11.0. The van der Waals surface area contributed by atoms with Gasteiger partial charge in [0.15, 0.2) is 0 Å². The zero-order valence-electron chi connectivity index (χ0n) is 8.42. The second-order valence-corrected chi connectivity index (χ2v) is 3.59. The summed E-state index contributed by atoms with van der Waals surface area (Å²) in [5, 5.41) is 3.16. The van der Waals surface area contributed by atoms with Crippen LogP contribution in [0.5, 0.6) is 0 Å². The molecule has 72 valence electrons. The van der Waals surface area contributed by atoms with Crippen molar-refractivity contribution in [1.82, 2.24) is 5.32 Å². The first-order valence-corrected chi connectivity index (χ1v) is 4.54. The van der Waals surface area contributed by atoms with Gasteiger partial charge in [-0.25, -0.2) is 0 Å². The average Bonchev–Trinajstić information content (AvgIpc) is 1.98. The summed E-state index contributed by atoms with van der Waals surface area (Å²) in [6, 6.07) is 0.117. The van der Waals surface area contributed by atoms with Crippen molar-refractivity contribution in [1.29, 1.82) is 0 Å². The van der Waals surface area contributed by atoms with Gasteiger partial charge in [-0.05, 0) is 5.92 Å². The largest absolute Gasteiger partial charge is 0.368 e. The fourth-order valence-corrected chi connectivity index (χ4v) is 1.12. The second kappa shape index (κ2) is 5.14. The zero-order valence-corrected chi connectivity index (χ0v) is 8.42. The predicted molar refractivity (Wildman–Crippen MR) is 50.7 cm³/mol. The Balaban J connectivity index is 4.13. The molecular weight excluding hydrogens is 152 g/mol. The fourth-order valence-electron chi connectivity index (χ4n) is 1.12. The maximum atomic E-state index is 11.0. The van der Waals surface area contributed by atoms with Crippen molar-refractivity contribution in [3.63, 3.8) is 0 Å². The van der Waals surface area contributed by atoms with E-state index >= 15 is 0 Å². The van der Waals surface area contributed by atoms with Crippen LogP contribution in [0.2, 0.25) is 0 Å². The van der Waals surface area contributed by atoms with E-state index in [2.05, 4.69) is 12.2 Å². The van der Waals surface area contributed by atoms with Gasteiger partial charge in [0, 0.05) is 6.04 Å². The maximum Gasteiger partial charge on any atom is 0.234 e. The monoisotopic (exact) mass is 172 g/mol. The smallest absolute Gasteiger partial charge is 0.234 e. The Bertz CT molecular complexity index is 145. The van der Waals surface area contributed by atoms with Crippen LogP contribution in [0, 0.1) is 5.92 Å². The van der Waals surface area contributed by atoms with Gasteiger partial charge in [0.05, 0.1) is 6.04 Å². The predicted octanol–water partition coefficient (Wildman–Crippen LogP) is 0.884. The third-order valence-electron chi connectivity index (χ3n) is 2.03. The minimum Gasteiger partial charge on any atom is -0.368 e. The Hall–Kier alpha value is -0.570. The van der Waals surface area contributed by atoms with E-state index in [1.54, 1.807) is 0 Å². The van der Waals surface area contributed by atoms with E-state index in [4.69, 9.17) is 5.73 Å². The summed E-state index contributed by atoms with van der Waals surface area (Å²) in [5.74, 6) is 0.0583. The van der Waals surface area contributed by atoms with E-state index in [0.29, 0.717) is 12.0 Å². The summed E-state index contributed by atoms with van der Waals surface area (Å²) in [7, 11) is 0. The van der Waals surface area contributed by atoms with Crippen LogP contribution in [-0.4, -0.2) is 18.0 Å². The first kappa shape index (κ1) is 11.4. The molecule has 0 heterocycles. The molecule has 0 aromatic rings. The molecule has 12 heavy (non-hydrogen) atoms. The molecule has 0 aromatic carbocycles.